The number of benzene rings is 1. The minimum absolute atomic E-state index is 0.0296. The summed E-state index contributed by atoms with van der Waals surface area (Å²) in [7, 11) is 0. The predicted molar refractivity (Wildman–Crippen MR) is 83.4 cm³/mol. The van der Waals surface area contributed by atoms with Crippen LogP contribution >= 0.6 is 0 Å². The van der Waals surface area contributed by atoms with Gasteiger partial charge in [0.25, 0.3) is 5.91 Å². The third-order valence-corrected chi connectivity index (χ3v) is 3.78. The molecule has 3 rings (SSSR count). The lowest BCUT2D eigenvalue weighted by atomic mass is 10.0. The minimum atomic E-state index is -1.07. The van der Waals surface area contributed by atoms with E-state index in [0.717, 1.165) is 16.0 Å². The second-order valence-corrected chi connectivity index (χ2v) is 5.39. The van der Waals surface area contributed by atoms with Crippen LogP contribution in [-0.2, 0) is 19.1 Å². The average molecular weight is 313 g/mol. The molecule has 1 aromatic carbocycles. The fraction of sp³-hybridized carbons (Fsp3) is 0.312. The van der Waals surface area contributed by atoms with Gasteiger partial charge in [-0.05, 0) is 32.4 Å². The molecular formula is C16H15N3O4. The van der Waals surface area contributed by atoms with Gasteiger partial charge in [-0.15, -0.1) is 10.2 Å². The average Bonchev–Trinajstić information content (AvgIpc) is 3.02. The quantitative estimate of drug-likeness (QED) is 0.619. The highest BCUT2D eigenvalue weighted by atomic mass is 16.5. The molecule has 1 saturated heterocycles. The summed E-state index contributed by atoms with van der Waals surface area (Å²) in [6.45, 7) is 5.55. The standard InChI is InChI=1S/C16H15N3O4/c1-4-23-16(22)13-11-12(17-18-13)15(21)19(14(11)20)10-6-5-8(2)7-9(10)3/h5-7,11H,4H2,1-3H3. The van der Waals surface area contributed by atoms with Gasteiger partial charge in [0.05, 0.1) is 12.3 Å². The molecule has 1 atom stereocenters. The lowest BCUT2D eigenvalue weighted by Crippen LogP contribution is -2.35. The molecule has 7 nitrogen and oxygen atoms in total. The fourth-order valence-corrected chi connectivity index (χ4v) is 2.74. The van der Waals surface area contributed by atoms with Crippen LogP contribution in [0.5, 0.6) is 0 Å². The largest absolute Gasteiger partial charge is 0.461 e. The minimum Gasteiger partial charge on any atom is -0.461 e. The van der Waals surface area contributed by atoms with Gasteiger partial charge in [0, 0.05) is 0 Å². The Bertz CT molecular complexity index is 795. The van der Waals surface area contributed by atoms with E-state index in [1.165, 1.54) is 0 Å². The first-order chi connectivity index (χ1) is 11.0. The zero-order valence-corrected chi connectivity index (χ0v) is 13.0. The van der Waals surface area contributed by atoms with Gasteiger partial charge in [-0.1, -0.05) is 17.7 Å². The first kappa shape index (κ1) is 15.1. The number of carbonyl (C=O) groups is 3. The maximum absolute atomic E-state index is 12.7. The van der Waals surface area contributed by atoms with Crippen molar-refractivity contribution in [1.82, 2.24) is 0 Å². The number of anilines is 1. The Kier molecular flexibility index (Phi) is 3.55. The van der Waals surface area contributed by atoms with Crippen LogP contribution in [-0.4, -0.2) is 35.8 Å². The second-order valence-electron chi connectivity index (χ2n) is 5.39. The first-order valence-corrected chi connectivity index (χ1v) is 7.23. The summed E-state index contributed by atoms with van der Waals surface area (Å²) in [6, 6.07) is 5.41. The molecule has 0 aliphatic carbocycles. The Morgan fingerprint density at radius 2 is 2.00 bits per heavy atom. The zero-order valence-electron chi connectivity index (χ0n) is 13.0. The van der Waals surface area contributed by atoms with Crippen molar-refractivity contribution in [2.45, 2.75) is 20.8 Å². The van der Waals surface area contributed by atoms with E-state index >= 15 is 0 Å². The van der Waals surface area contributed by atoms with E-state index in [0.29, 0.717) is 5.69 Å². The number of nitrogens with zero attached hydrogens (tertiary/aromatic N) is 3. The number of fused-ring (bicyclic) bond motifs is 1. The lowest BCUT2D eigenvalue weighted by Gasteiger charge is -2.17. The van der Waals surface area contributed by atoms with E-state index in [4.69, 9.17) is 4.74 Å². The molecule has 2 aliphatic heterocycles. The normalized spacial score (nSPS) is 19.6. The summed E-state index contributed by atoms with van der Waals surface area (Å²) in [5, 5.41) is 7.39. The summed E-state index contributed by atoms with van der Waals surface area (Å²) in [6.07, 6.45) is 0. The summed E-state index contributed by atoms with van der Waals surface area (Å²) < 4.78 is 4.87. The van der Waals surface area contributed by atoms with Gasteiger partial charge in [0.1, 0.15) is 11.6 Å². The second kappa shape index (κ2) is 5.42. The molecule has 0 N–H and O–H groups in total. The zero-order chi connectivity index (χ0) is 16.7. The summed E-state index contributed by atoms with van der Waals surface area (Å²) in [5.41, 5.74) is 2.15. The molecule has 0 radical (unpaired) electrons. The Labute approximate surface area is 132 Å². The highest BCUT2D eigenvalue weighted by Gasteiger charge is 2.53. The van der Waals surface area contributed by atoms with E-state index in [1.54, 1.807) is 13.0 Å². The molecule has 2 heterocycles. The number of hydrogen-bond acceptors (Lipinski definition) is 6. The molecule has 0 aromatic heterocycles. The van der Waals surface area contributed by atoms with Crippen molar-refractivity contribution < 1.29 is 19.1 Å². The van der Waals surface area contributed by atoms with Crippen molar-refractivity contribution in [3.8, 4) is 0 Å². The molecule has 1 aromatic rings. The molecule has 1 fully saturated rings. The molecule has 2 aliphatic rings. The number of carbonyl (C=O) groups excluding carboxylic acids is 3. The maximum Gasteiger partial charge on any atom is 0.355 e. The van der Waals surface area contributed by atoms with Crippen LogP contribution in [0.3, 0.4) is 0 Å². The molecule has 118 valence electrons. The van der Waals surface area contributed by atoms with E-state index in [9.17, 15) is 14.4 Å². The van der Waals surface area contributed by atoms with E-state index < -0.39 is 23.7 Å². The van der Waals surface area contributed by atoms with Crippen LogP contribution in [0, 0.1) is 19.8 Å². The molecule has 0 bridgehead atoms. The smallest absolute Gasteiger partial charge is 0.355 e. The van der Waals surface area contributed by atoms with Crippen molar-refractivity contribution in [2.75, 3.05) is 11.5 Å². The summed E-state index contributed by atoms with van der Waals surface area (Å²) >= 11 is 0. The van der Waals surface area contributed by atoms with Gasteiger partial charge < -0.3 is 4.74 Å². The van der Waals surface area contributed by atoms with Crippen molar-refractivity contribution in [2.24, 2.45) is 16.1 Å². The van der Waals surface area contributed by atoms with E-state index in [1.807, 2.05) is 26.0 Å². The van der Waals surface area contributed by atoms with Gasteiger partial charge in [-0.2, -0.15) is 0 Å². The molecule has 0 spiro atoms. The molecule has 23 heavy (non-hydrogen) atoms. The number of amides is 2. The van der Waals surface area contributed by atoms with Gasteiger partial charge in [0.15, 0.2) is 5.71 Å². The third kappa shape index (κ3) is 2.25. The van der Waals surface area contributed by atoms with Crippen molar-refractivity contribution in [1.29, 1.82) is 0 Å². The van der Waals surface area contributed by atoms with Crippen LogP contribution < -0.4 is 4.90 Å². The van der Waals surface area contributed by atoms with Crippen molar-refractivity contribution >= 4 is 34.9 Å². The number of imide groups is 1. The Balaban J connectivity index is 1.97. The van der Waals surface area contributed by atoms with Crippen molar-refractivity contribution in [3.05, 3.63) is 29.3 Å². The monoisotopic (exact) mass is 313 g/mol. The predicted octanol–water partition coefficient (Wildman–Crippen LogP) is 1.17. The van der Waals surface area contributed by atoms with Crippen LogP contribution in [0.25, 0.3) is 0 Å². The van der Waals surface area contributed by atoms with Gasteiger partial charge in [-0.3, -0.25) is 9.59 Å². The SMILES string of the molecule is CCOC(=O)C1=NN=C2C(=O)N(c3ccc(C)cc3C)C(=O)C12. The van der Waals surface area contributed by atoms with Crippen LogP contribution in [0.15, 0.2) is 28.4 Å². The van der Waals surface area contributed by atoms with Crippen LogP contribution in [0.4, 0.5) is 5.69 Å². The molecular weight excluding hydrogens is 298 g/mol. The Morgan fingerprint density at radius 3 is 2.65 bits per heavy atom. The number of rotatable bonds is 3. The van der Waals surface area contributed by atoms with Crippen LogP contribution in [0.1, 0.15) is 18.1 Å². The highest BCUT2D eigenvalue weighted by molar-refractivity contribution is 6.66. The Hall–Kier alpha value is -2.83. The molecule has 2 amide bonds. The van der Waals surface area contributed by atoms with E-state index in [-0.39, 0.29) is 18.0 Å². The van der Waals surface area contributed by atoms with Gasteiger partial charge >= 0.3 is 5.97 Å². The summed E-state index contributed by atoms with van der Waals surface area (Å²) in [5.74, 6) is -2.86. The summed E-state index contributed by atoms with van der Waals surface area (Å²) in [4.78, 5) is 38.1. The number of aryl methyl sites for hydroxylation is 2. The molecule has 1 unspecified atom stereocenters. The topological polar surface area (TPSA) is 88.4 Å². The van der Waals surface area contributed by atoms with Gasteiger partial charge in [-0.25, -0.2) is 9.69 Å². The lowest BCUT2D eigenvalue weighted by molar-refractivity contribution is -0.136. The third-order valence-electron chi connectivity index (χ3n) is 3.78. The van der Waals surface area contributed by atoms with E-state index in [2.05, 4.69) is 10.2 Å². The number of hydrogen-bond donors (Lipinski definition) is 0. The van der Waals surface area contributed by atoms with Crippen molar-refractivity contribution in [3.63, 3.8) is 0 Å². The van der Waals surface area contributed by atoms with Crippen LogP contribution in [0.2, 0.25) is 0 Å². The highest BCUT2D eigenvalue weighted by Crippen LogP contribution is 2.31. The van der Waals surface area contributed by atoms with Gasteiger partial charge in [0.2, 0.25) is 5.91 Å². The first-order valence-electron chi connectivity index (χ1n) is 7.23. The Morgan fingerprint density at radius 1 is 1.26 bits per heavy atom. The maximum atomic E-state index is 12.7. The fourth-order valence-electron chi connectivity index (χ4n) is 2.74. The number of esters is 1. The number of ether oxygens (including phenoxy) is 1. The molecule has 0 saturated carbocycles. The molecule has 7 heteroatoms.